The molecule has 2 heterocycles. The van der Waals surface area contributed by atoms with E-state index in [2.05, 4.69) is 0 Å². The Labute approximate surface area is 148 Å². The van der Waals surface area contributed by atoms with Crippen LogP contribution < -0.4 is 11.2 Å². The molecule has 1 fully saturated rings. The van der Waals surface area contributed by atoms with Crippen molar-refractivity contribution in [1.82, 2.24) is 9.13 Å². The molecule has 1 saturated heterocycles. The first-order valence-corrected chi connectivity index (χ1v) is 8.12. The third-order valence-electron chi connectivity index (χ3n) is 4.39. The van der Waals surface area contributed by atoms with Gasteiger partial charge in [0.1, 0.15) is 24.5 Å². The molecule has 3 rings (SSSR count). The molecule has 1 aromatic heterocycles. The van der Waals surface area contributed by atoms with Gasteiger partial charge in [0.15, 0.2) is 6.23 Å². The quantitative estimate of drug-likeness (QED) is 0.500. The maximum absolute atomic E-state index is 12.7. The summed E-state index contributed by atoms with van der Waals surface area (Å²) in [4.78, 5) is 24.8. The Morgan fingerprint density at radius 2 is 1.77 bits per heavy atom. The number of aliphatic hydroxyl groups is 4. The normalized spacial score (nSPS) is 26.8. The molecule has 4 N–H and O–H groups in total. The van der Waals surface area contributed by atoms with Crippen molar-refractivity contribution < 1.29 is 25.2 Å². The molecule has 0 amide bonds. The maximum Gasteiger partial charge on any atom is 0.335 e. The second-order valence-corrected chi connectivity index (χ2v) is 6.11. The van der Waals surface area contributed by atoms with E-state index in [4.69, 9.17) is 9.84 Å². The van der Waals surface area contributed by atoms with Crippen LogP contribution in [0.3, 0.4) is 0 Å². The Balaban J connectivity index is 1.95. The predicted molar refractivity (Wildman–Crippen MR) is 89.4 cm³/mol. The number of benzene rings is 1. The Bertz CT molecular complexity index is 863. The minimum atomic E-state index is -1.47. The van der Waals surface area contributed by atoms with E-state index in [1.165, 1.54) is 0 Å². The number of aromatic nitrogens is 2. The molecule has 0 spiro atoms. The third kappa shape index (κ3) is 3.35. The highest BCUT2D eigenvalue weighted by atomic mass is 16.6. The molecule has 1 aromatic carbocycles. The number of hydrogen-bond acceptors (Lipinski definition) is 7. The first-order chi connectivity index (χ1) is 12.4. The lowest BCUT2D eigenvalue weighted by Crippen LogP contribution is -2.45. The van der Waals surface area contributed by atoms with E-state index in [0.29, 0.717) is 4.57 Å². The van der Waals surface area contributed by atoms with Crippen molar-refractivity contribution in [3.63, 3.8) is 0 Å². The largest absolute Gasteiger partial charge is 0.394 e. The molecule has 2 aromatic rings. The summed E-state index contributed by atoms with van der Waals surface area (Å²) in [6.07, 6.45) is -5.45. The van der Waals surface area contributed by atoms with Gasteiger partial charge in [-0.25, -0.2) is 9.36 Å². The standard InChI is InChI=1S/C17H20N2O7/c20-9-11-14(23)15(24)16(26-11)18-7-6-12(21)19(17(18)25)13(22)8-10-4-2-1-3-5-10/h1-7,11,13-16,20,22-24H,8-9H2/t11-,13+,14-,15-,16-/m1/s1. The zero-order chi connectivity index (χ0) is 18.8. The molecule has 1 aliphatic rings. The number of nitrogens with zero attached hydrogens (tertiary/aromatic N) is 2. The van der Waals surface area contributed by atoms with Gasteiger partial charge >= 0.3 is 5.69 Å². The van der Waals surface area contributed by atoms with Crippen LogP contribution >= 0.6 is 0 Å². The lowest BCUT2D eigenvalue weighted by atomic mass is 10.1. The summed E-state index contributed by atoms with van der Waals surface area (Å²) < 4.78 is 6.88. The van der Waals surface area contributed by atoms with Crippen LogP contribution in [-0.2, 0) is 11.2 Å². The molecule has 9 heteroatoms. The second-order valence-electron chi connectivity index (χ2n) is 6.11. The van der Waals surface area contributed by atoms with Crippen molar-refractivity contribution in [2.75, 3.05) is 6.61 Å². The fraction of sp³-hybridized carbons (Fsp3) is 0.412. The lowest BCUT2D eigenvalue weighted by molar-refractivity contribution is -0.0568. The van der Waals surface area contributed by atoms with E-state index in [-0.39, 0.29) is 6.42 Å². The zero-order valence-electron chi connectivity index (χ0n) is 13.8. The highest BCUT2D eigenvalue weighted by molar-refractivity contribution is 5.15. The Kier molecular flexibility index (Phi) is 5.35. The van der Waals surface area contributed by atoms with Gasteiger partial charge in [0.2, 0.25) is 0 Å². The topological polar surface area (TPSA) is 134 Å². The van der Waals surface area contributed by atoms with Crippen molar-refractivity contribution >= 4 is 0 Å². The van der Waals surface area contributed by atoms with Gasteiger partial charge < -0.3 is 25.2 Å². The van der Waals surface area contributed by atoms with Gasteiger partial charge in [0.05, 0.1) is 6.61 Å². The van der Waals surface area contributed by atoms with Crippen LogP contribution in [0.1, 0.15) is 18.0 Å². The average molecular weight is 364 g/mol. The lowest BCUT2D eigenvalue weighted by Gasteiger charge is -2.20. The molecule has 0 bridgehead atoms. The van der Waals surface area contributed by atoms with Gasteiger partial charge in [-0.3, -0.25) is 9.36 Å². The maximum atomic E-state index is 12.7. The van der Waals surface area contributed by atoms with E-state index in [1.807, 2.05) is 0 Å². The minimum absolute atomic E-state index is 0.0377. The van der Waals surface area contributed by atoms with Gasteiger partial charge in [-0.15, -0.1) is 0 Å². The monoisotopic (exact) mass is 364 g/mol. The van der Waals surface area contributed by atoms with Crippen molar-refractivity contribution in [3.05, 3.63) is 69.0 Å². The summed E-state index contributed by atoms with van der Waals surface area (Å²) in [5.41, 5.74) is -0.869. The van der Waals surface area contributed by atoms with E-state index in [1.54, 1.807) is 30.3 Å². The summed E-state index contributed by atoms with van der Waals surface area (Å²) in [6, 6.07) is 9.91. The predicted octanol–water partition coefficient (Wildman–Crippen LogP) is -1.64. The molecule has 0 saturated carbocycles. The molecule has 0 unspecified atom stereocenters. The summed E-state index contributed by atoms with van der Waals surface area (Å²) in [5, 5.41) is 39.5. The van der Waals surface area contributed by atoms with Crippen LogP contribution in [0.2, 0.25) is 0 Å². The van der Waals surface area contributed by atoms with Gasteiger partial charge in [-0.2, -0.15) is 0 Å². The van der Waals surface area contributed by atoms with Gasteiger partial charge in [0, 0.05) is 18.7 Å². The van der Waals surface area contributed by atoms with Crippen LogP contribution in [0.25, 0.3) is 0 Å². The number of aliphatic hydroxyl groups excluding tert-OH is 4. The molecular formula is C17H20N2O7. The number of ether oxygens (including phenoxy) is 1. The summed E-state index contributed by atoms with van der Waals surface area (Å²) >= 11 is 0. The van der Waals surface area contributed by atoms with Gasteiger partial charge in [0.25, 0.3) is 5.56 Å². The molecule has 0 aliphatic carbocycles. The average Bonchev–Trinajstić information content (AvgIpc) is 2.91. The van der Waals surface area contributed by atoms with E-state index >= 15 is 0 Å². The molecule has 1 aliphatic heterocycles. The van der Waals surface area contributed by atoms with Crippen LogP contribution in [0.15, 0.2) is 52.2 Å². The van der Waals surface area contributed by atoms with Crippen LogP contribution in [0.4, 0.5) is 0 Å². The molecule has 140 valence electrons. The Morgan fingerprint density at radius 1 is 1.08 bits per heavy atom. The minimum Gasteiger partial charge on any atom is -0.394 e. The van der Waals surface area contributed by atoms with E-state index < -0.39 is 48.6 Å². The third-order valence-corrected chi connectivity index (χ3v) is 4.39. The SMILES string of the molecule is O=c1ccn([C@@H]2O[C@H](CO)[C@@H](O)[C@H]2O)c(=O)n1[C@@H](O)Cc1ccccc1. The van der Waals surface area contributed by atoms with Gasteiger partial charge in [-0.1, -0.05) is 30.3 Å². The fourth-order valence-electron chi connectivity index (χ4n) is 3.00. The Hall–Kier alpha value is -2.30. The molecule has 9 nitrogen and oxygen atoms in total. The van der Waals surface area contributed by atoms with E-state index in [0.717, 1.165) is 22.4 Å². The second kappa shape index (κ2) is 7.52. The number of rotatable bonds is 5. The molecular weight excluding hydrogens is 344 g/mol. The van der Waals surface area contributed by atoms with Crippen molar-refractivity contribution in [1.29, 1.82) is 0 Å². The van der Waals surface area contributed by atoms with Crippen molar-refractivity contribution in [2.45, 2.75) is 37.2 Å². The Morgan fingerprint density at radius 3 is 2.38 bits per heavy atom. The highest BCUT2D eigenvalue weighted by Gasteiger charge is 2.44. The molecule has 5 atom stereocenters. The van der Waals surface area contributed by atoms with Crippen LogP contribution in [0, 0.1) is 0 Å². The summed E-state index contributed by atoms with van der Waals surface area (Å²) in [6.45, 7) is -0.542. The van der Waals surface area contributed by atoms with Crippen molar-refractivity contribution in [2.24, 2.45) is 0 Å². The van der Waals surface area contributed by atoms with Crippen LogP contribution in [-0.4, -0.2) is 54.5 Å². The first kappa shape index (κ1) is 18.5. The van der Waals surface area contributed by atoms with Crippen LogP contribution in [0.5, 0.6) is 0 Å². The smallest absolute Gasteiger partial charge is 0.335 e. The highest BCUT2D eigenvalue weighted by Crippen LogP contribution is 2.27. The summed E-state index contributed by atoms with van der Waals surface area (Å²) in [7, 11) is 0. The number of hydrogen-bond donors (Lipinski definition) is 4. The molecule has 0 radical (unpaired) electrons. The van der Waals surface area contributed by atoms with Gasteiger partial charge in [-0.05, 0) is 5.56 Å². The van der Waals surface area contributed by atoms with Crippen molar-refractivity contribution in [3.8, 4) is 0 Å². The first-order valence-electron chi connectivity index (χ1n) is 8.12. The van der Waals surface area contributed by atoms with E-state index in [9.17, 15) is 24.9 Å². The molecule has 26 heavy (non-hydrogen) atoms. The zero-order valence-corrected chi connectivity index (χ0v) is 13.8. The fourth-order valence-corrected chi connectivity index (χ4v) is 3.00. The summed E-state index contributed by atoms with van der Waals surface area (Å²) in [5.74, 6) is 0.